The van der Waals surface area contributed by atoms with E-state index in [0.29, 0.717) is 19.1 Å². The van der Waals surface area contributed by atoms with Gasteiger partial charge in [0.25, 0.3) is 5.91 Å². The summed E-state index contributed by atoms with van der Waals surface area (Å²) in [5.74, 6) is -1.01. The van der Waals surface area contributed by atoms with Crippen molar-refractivity contribution >= 4 is 11.9 Å². The Labute approximate surface area is 118 Å². The fourth-order valence-electron chi connectivity index (χ4n) is 2.48. The van der Waals surface area contributed by atoms with Gasteiger partial charge in [0.15, 0.2) is 0 Å². The van der Waals surface area contributed by atoms with Gasteiger partial charge in [0.1, 0.15) is 0 Å². The maximum atomic E-state index is 12.4. The van der Waals surface area contributed by atoms with Gasteiger partial charge in [-0.15, -0.1) is 0 Å². The van der Waals surface area contributed by atoms with Gasteiger partial charge >= 0.3 is 5.97 Å². The van der Waals surface area contributed by atoms with Gasteiger partial charge in [0.05, 0.1) is 17.7 Å². The number of carbonyl (C=O) groups excluding carboxylic acids is 1. The molecule has 0 spiro atoms. The Bertz CT molecular complexity index is 494. The van der Waals surface area contributed by atoms with Crippen LogP contribution in [0.25, 0.3) is 0 Å². The second kappa shape index (κ2) is 6.52. The molecule has 1 aromatic rings. The number of carboxylic acid groups (broad SMARTS) is 1. The summed E-state index contributed by atoms with van der Waals surface area (Å²) in [7, 11) is 1.70. The number of rotatable bonds is 4. The van der Waals surface area contributed by atoms with E-state index in [1.165, 1.54) is 6.07 Å². The highest BCUT2D eigenvalue weighted by Gasteiger charge is 2.22. The number of carbonyl (C=O) groups is 2. The van der Waals surface area contributed by atoms with E-state index >= 15 is 0 Å². The van der Waals surface area contributed by atoms with Crippen LogP contribution in [0.5, 0.6) is 0 Å². The van der Waals surface area contributed by atoms with Crippen molar-refractivity contribution in [1.29, 1.82) is 0 Å². The molecule has 1 fully saturated rings. The van der Waals surface area contributed by atoms with Crippen LogP contribution in [-0.4, -0.2) is 48.7 Å². The second-order valence-corrected chi connectivity index (χ2v) is 5.12. The summed E-state index contributed by atoms with van der Waals surface area (Å²) in [5, 5.41) is 9.13. The van der Waals surface area contributed by atoms with Crippen LogP contribution >= 0.6 is 0 Å². The number of aromatic carboxylic acids is 1. The molecule has 0 bridgehead atoms. The molecule has 1 saturated heterocycles. The van der Waals surface area contributed by atoms with E-state index < -0.39 is 5.97 Å². The summed E-state index contributed by atoms with van der Waals surface area (Å²) in [6.45, 7) is 2.04. The topological polar surface area (TPSA) is 66.8 Å². The first kappa shape index (κ1) is 14.5. The zero-order valence-corrected chi connectivity index (χ0v) is 11.5. The molecule has 1 heterocycles. The van der Waals surface area contributed by atoms with Crippen LogP contribution in [0, 0.1) is 5.92 Å². The molecule has 108 valence electrons. The molecular formula is C15H19NO4. The monoisotopic (exact) mass is 277 g/mol. The lowest BCUT2D eigenvalue weighted by atomic mass is 10.0. The van der Waals surface area contributed by atoms with Gasteiger partial charge in [-0.05, 0) is 30.9 Å². The highest BCUT2D eigenvalue weighted by atomic mass is 16.5. The van der Waals surface area contributed by atoms with E-state index in [4.69, 9.17) is 9.84 Å². The third-order valence-corrected chi connectivity index (χ3v) is 3.52. The van der Waals surface area contributed by atoms with Crippen molar-refractivity contribution in [3.63, 3.8) is 0 Å². The Balaban J connectivity index is 2.08. The van der Waals surface area contributed by atoms with Crippen molar-refractivity contribution in [2.24, 2.45) is 5.92 Å². The van der Waals surface area contributed by atoms with Gasteiger partial charge in [0.2, 0.25) is 0 Å². The lowest BCUT2D eigenvalue weighted by Crippen LogP contribution is -2.35. The molecule has 1 aliphatic rings. The third-order valence-electron chi connectivity index (χ3n) is 3.52. The molecule has 1 unspecified atom stereocenters. The first-order valence-electron chi connectivity index (χ1n) is 6.75. The molecule has 5 heteroatoms. The predicted octanol–water partition coefficient (Wildman–Crippen LogP) is 1.88. The minimum atomic E-state index is -1.08. The smallest absolute Gasteiger partial charge is 0.336 e. The molecule has 5 nitrogen and oxygen atoms in total. The van der Waals surface area contributed by atoms with Gasteiger partial charge in [-0.3, -0.25) is 4.79 Å². The van der Waals surface area contributed by atoms with Crippen molar-refractivity contribution in [3.05, 3.63) is 35.4 Å². The summed E-state index contributed by atoms with van der Waals surface area (Å²) in [6.07, 6.45) is 2.05. The molecule has 0 aromatic heterocycles. The van der Waals surface area contributed by atoms with Gasteiger partial charge in [-0.2, -0.15) is 0 Å². The Morgan fingerprint density at radius 1 is 1.35 bits per heavy atom. The standard InChI is InChI=1S/C15H19NO4/c1-16(9-11-5-4-8-20-10-11)14(17)12-6-2-3-7-13(12)15(18)19/h2-3,6-7,11H,4-5,8-10H2,1H3,(H,18,19). The van der Waals surface area contributed by atoms with Crippen molar-refractivity contribution < 1.29 is 19.4 Å². The summed E-state index contributed by atoms with van der Waals surface area (Å²) in [4.78, 5) is 25.1. The van der Waals surface area contributed by atoms with E-state index in [-0.39, 0.29) is 17.0 Å². The quantitative estimate of drug-likeness (QED) is 0.912. The average Bonchev–Trinajstić information content (AvgIpc) is 2.47. The maximum Gasteiger partial charge on any atom is 0.336 e. The van der Waals surface area contributed by atoms with Crippen LogP contribution in [0.4, 0.5) is 0 Å². The summed E-state index contributed by atoms with van der Waals surface area (Å²) >= 11 is 0. The summed E-state index contributed by atoms with van der Waals surface area (Å²) < 4.78 is 5.40. The van der Waals surface area contributed by atoms with Crippen molar-refractivity contribution in [2.45, 2.75) is 12.8 Å². The molecule has 1 aromatic carbocycles. The number of hydrogen-bond acceptors (Lipinski definition) is 3. The number of carboxylic acids is 1. The Kier molecular flexibility index (Phi) is 4.74. The number of ether oxygens (including phenoxy) is 1. The minimum absolute atomic E-state index is 0.0456. The fraction of sp³-hybridized carbons (Fsp3) is 0.467. The van der Waals surface area contributed by atoms with Crippen molar-refractivity contribution in [2.75, 3.05) is 26.8 Å². The van der Waals surface area contributed by atoms with Gasteiger partial charge in [0, 0.05) is 20.2 Å². The first-order valence-corrected chi connectivity index (χ1v) is 6.75. The normalized spacial score (nSPS) is 18.6. The molecule has 0 aliphatic carbocycles. The molecule has 1 atom stereocenters. The van der Waals surface area contributed by atoms with Gasteiger partial charge in [-0.25, -0.2) is 4.79 Å². The van der Waals surface area contributed by atoms with Crippen LogP contribution in [0.1, 0.15) is 33.6 Å². The molecule has 1 amide bonds. The van der Waals surface area contributed by atoms with Crippen LogP contribution in [-0.2, 0) is 4.74 Å². The molecule has 1 aliphatic heterocycles. The zero-order chi connectivity index (χ0) is 14.5. The molecule has 20 heavy (non-hydrogen) atoms. The van der Waals surface area contributed by atoms with E-state index in [9.17, 15) is 9.59 Å². The van der Waals surface area contributed by atoms with Crippen LogP contribution < -0.4 is 0 Å². The average molecular weight is 277 g/mol. The maximum absolute atomic E-state index is 12.4. The molecule has 1 N–H and O–H groups in total. The summed E-state index contributed by atoms with van der Waals surface area (Å²) in [5.41, 5.74) is 0.281. The fourth-order valence-corrected chi connectivity index (χ4v) is 2.48. The van der Waals surface area contributed by atoms with E-state index in [2.05, 4.69) is 0 Å². The lowest BCUT2D eigenvalue weighted by molar-refractivity contribution is 0.0386. The Morgan fingerprint density at radius 2 is 2.05 bits per heavy atom. The second-order valence-electron chi connectivity index (χ2n) is 5.12. The molecule has 2 rings (SSSR count). The highest BCUT2D eigenvalue weighted by molar-refractivity contribution is 6.04. The molecule has 0 radical (unpaired) electrons. The van der Waals surface area contributed by atoms with Crippen LogP contribution in [0.2, 0.25) is 0 Å². The largest absolute Gasteiger partial charge is 0.478 e. The molecule has 0 saturated carbocycles. The van der Waals surface area contributed by atoms with E-state index in [1.54, 1.807) is 30.1 Å². The van der Waals surface area contributed by atoms with E-state index in [1.807, 2.05) is 0 Å². The van der Waals surface area contributed by atoms with Gasteiger partial charge < -0.3 is 14.7 Å². The third kappa shape index (κ3) is 3.36. The van der Waals surface area contributed by atoms with Gasteiger partial charge in [-0.1, -0.05) is 12.1 Å². The van der Waals surface area contributed by atoms with Crippen LogP contribution in [0.3, 0.4) is 0 Å². The van der Waals surface area contributed by atoms with E-state index in [0.717, 1.165) is 19.4 Å². The van der Waals surface area contributed by atoms with Crippen molar-refractivity contribution in [1.82, 2.24) is 4.90 Å². The molecular weight excluding hydrogens is 258 g/mol. The number of nitrogens with zero attached hydrogens (tertiary/aromatic N) is 1. The minimum Gasteiger partial charge on any atom is -0.478 e. The van der Waals surface area contributed by atoms with Crippen LogP contribution in [0.15, 0.2) is 24.3 Å². The number of hydrogen-bond donors (Lipinski definition) is 1. The Hall–Kier alpha value is -1.88. The first-order chi connectivity index (χ1) is 9.59. The Morgan fingerprint density at radius 3 is 2.65 bits per heavy atom. The lowest BCUT2D eigenvalue weighted by Gasteiger charge is -2.27. The number of amides is 1. The SMILES string of the molecule is CN(CC1CCCOC1)C(=O)c1ccccc1C(=O)O. The van der Waals surface area contributed by atoms with Crippen molar-refractivity contribution in [3.8, 4) is 0 Å². The highest BCUT2D eigenvalue weighted by Crippen LogP contribution is 2.17. The zero-order valence-electron chi connectivity index (χ0n) is 11.5. The predicted molar refractivity (Wildman–Crippen MR) is 73.9 cm³/mol. The summed E-state index contributed by atoms with van der Waals surface area (Å²) in [6, 6.07) is 6.30. The number of benzene rings is 1.